The Labute approximate surface area is 120 Å². The second-order valence-corrected chi connectivity index (χ2v) is 8.42. The van der Waals surface area contributed by atoms with Crippen LogP contribution in [0.15, 0.2) is 0 Å². The molecule has 5 nitrogen and oxygen atoms in total. The average molecular weight is 308 g/mol. The lowest BCUT2D eigenvalue weighted by molar-refractivity contribution is -0.132. The van der Waals surface area contributed by atoms with Crippen LogP contribution in [-0.2, 0) is 14.6 Å². The number of nitrogens with zero attached hydrogens (tertiary/aromatic N) is 1. The summed E-state index contributed by atoms with van der Waals surface area (Å²) < 4.78 is 24.1. The summed E-state index contributed by atoms with van der Waals surface area (Å²) in [6.07, 6.45) is 1.97. The molecule has 0 bridgehead atoms. The molecule has 0 spiro atoms. The molecule has 19 heavy (non-hydrogen) atoms. The zero-order valence-corrected chi connectivity index (χ0v) is 13.3. The highest BCUT2D eigenvalue weighted by Gasteiger charge is 2.35. The molecule has 112 valence electrons. The van der Waals surface area contributed by atoms with Gasteiger partial charge < -0.3 is 10.6 Å². The molecule has 0 saturated carbocycles. The molecule has 7 heteroatoms. The number of sulfone groups is 1. The van der Waals surface area contributed by atoms with Crippen LogP contribution in [0.2, 0.25) is 0 Å². The molecule has 1 fully saturated rings. The fraction of sp³-hybridized carbons (Fsp3) is 0.917. The Balaban J connectivity index is 2.74. The standard InChI is InChI=1S/C12H24N2O3S2/c1-3-5-10(13)8-11(15)14-6-7-18-9-12(14)19(16,17)4-2/h10,12H,3-9,13H2,1-2H3. The summed E-state index contributed by atoms with van der Waals surface area (Å²) in [6, 6.07) is -0.169. The van der Waals surface area contributed by atoms with Crippen molar-refractivity contribution in [2.45, 2.75) is 44.5 Å². The van der Waals surface area contributed by atoms with Gasteiger partial charge in [0.1, 0.15) is 5.37 Å². The van der Waals surface area contributed by atoms with Crippen LogP contribution in [0.1, 0.15) is 33.1 Å². The third-order valence-electron chi connectivity index (χ3n) is 3.32. The molecule has 1 rings (SSSR count). The summed E-state index contributed by atoms with van der Waals surface area (Å²) in [6.45, 7) is 4.15. The number of hydrogen-bond acceptors (Lipinski definition) is 5. The van der Waals surface area contributed by atoms with Crippen molar-refractivity contribution in [2.24, 2.45) is 5.73 Å². The summed E-state index contributed by atoms with van der Waals surface area (Å²) in [7, 11) is -3.22. The lowest BCUT2D eigenvalue weighted by Gasteiger charge is -2.35. The second kappa shape index (κ2) is 7.50. The molecular formula is C12H24N2O3S2. The highest BCUT2D eigenvalue weighted by molar-refractivity contribution is 8.01. The summed E-state index contributed by atoms with van der Waals surface area (Å²) in [4.78, 5) is 13.7. The van der Waals surface area contributed by atoms with Gasteiger partial charge in [0.15, 0.2) is 9.84 Å². The predicted molar refractivity (Wildman–Crippen MR) is 79.8 cm³/mol. The first-order chi connectivity index (χ1) is 8.92. The minimum Gasteiger partial charge on any atom is -0.327 e. The van der Waals surface area contributed by atoms with E-state index in [4.69, 9.17) is 5.73 Å². The second-order valence-electron chi connectivity index (χ2n) is 4.82. The summed E-state index contributed by atoms with van der Waals surface area (Å²) >= 11 is 1.59. The maximum absolute atomic E-state index is 12.2. The van der Waals surface area contributed by atoms with E-state index in [1.54, 1.807) is 18.7 Å². The Hall–Kier alpha value is -0.270. The monoisotopic (exact) mass is 308 g/mol. The van der Waals surface area contributed by atoms with Gasteiger partial charge in [-0.3, -0.25) is 4.79 Å². The summed E-state index contributed by atoms with van der Waals surface area (Å²) in [5, 5.41) is -0.669. The molecule has 1 heterocycles. The normalized spacial score (nSPS) is 22.3. The fourth-order valence-electron chi connectivity index (χ4n) is 2.17. The van der Waals surface area contributed by atoms with E-state index in [0.717, 1.165) is 18.6 Å². The molecule has 2 unspecified atom stereocenters. The Morgan fingerprint density at radius 1 is 1.47 bits per heavy atom. The molecule has 2 atom stereocenters. The first-order valence-corrected chi connectivity index (χ1v) is 9.63. The highest BCUT2D eigenvalue weighted by atomic mass is 32.2. The molecule has 0 aromatic rings. The van der Waals surface area contributed by atoms with Gasteiger partial charge in [0.05, 0.1) is 0 Å². The van der Waals surface area contributed by atoms with Crippen molar-refractivity contribution in [3.05, 3.63) is 0 Å². The van der Waals surface area contributed by atoms with Gasteiger partial charge in [-0.05, 0) is 6.42 Å². The van der Waals surface area contributed by atoms with E-state index in [1.165, 1.54) is 4.90 Å². The molecule has 1 amide bonds. The number of carbonyl (C=O) groups is 1. The van der Waals surface area contributed by atoms with Crippen LogP contribution in [0.4, 0.5) is 0 Å². The topological polar surface area (TPSA) is 80.5 Å². The minimum atomic E-state index is -3.22. The van der Waals surface area contributed by atoms with Gasteiger partial charge in [0.2, 0.25) is 5.91 Å². The van der Waals surface area contributed by atoms with E-state index in [9.17, 15) is 13.2 Å². The molecular weight excluding hydrogens is 284 g/mol. The molecule has 1 saturated heterocycles. The Kier molecular flexibility index (Phi) is 6.62. The Morgan fingerprint density at radius 2 is 2.16 bits per heavy atom. The molecule has 2 N–H and O–H groups in total. The first kappa shape index (κ1) is 16.8. The number of thioether (sulfide) groups is 1. The van der Waals surface area contributed by atoms with Crippen molar-refractivity contribution in [1.29, 1.82) is 0 Å². The van der Waals surface area contributed by atoms with E-state index in [-0.39, 0.29) is 24.1 Å². The van der Waals surface area contributed by atoms with Gasteiger partial charge in [-0.2, -0.15) is 11.8 Å². The Bertz CT molecular complexity index is 398. The van der Waals surface area contributed by atoms with E-state index in [1.807, 2.05) is 6.92 Å². The third kappa shape index (κ3) is 4.65. The molecule has 0 aromatic heterocycles. The maximum Gasteiger partial charge on any atom is 0.225 e. The molecule has 0 aromatic carbocycles. The van der Waals surface area contributed by atoms with Crippen molar-refractivity contribution < 1.29 is 13.2 Å². The van der Waals surface area contributed by atoms with E-state index in [2.05, 4.69) is 0 Å². The van der Waals surface area contributed by atoms with Crippen LogP contribution in [-0.4, -0.2) is 54.4 Å². The first-order valence-electron chi connectivity index (χ1n) is 6.76. The number of carbonyl (C=O) groups excluding carboxylic acids is 1. The van der Waals surface area contributed by atoms with Crippen LogP contribution in [0.5, 0.6) is 0 Å². The van der Waals surface area contributed by atoms with Crippen LogP contribution in [0.3, 0.4) is 0 Å². The highest BCUT2D eigenvalue weighted by Crippen LogP contribution is 2.22. The third-order valence-corrected chi connectivity index (χ3v) is 6.61. The van der Waals surface area contributed by atoms with E-state index < -0.39 is 15.2 Å². The maximum atomic E-state index is 12.2. The van der Waals surface area contributed by atoms with Crippen LogP contribution in [0.25, 0.3) is 0 Å². The number of hydrogen-bond donors (Lipinski definition) is 1. The van der Waals surface area contributed by atoms with Crippen molar-refractivity contribution >= 4 is 27.5 Å². The minimum absolute atomic E-state index is 0.0724. The number of nitrogens with two attached hydrogens (primary N) is 1. The quantitative estimate of drug-likeness (QED) is 0.786. The lowest BCUT2D eigenvalue weighted by atomic mass is 10.1. The zero-order chi connectivity index (χ0) is 14.5. The van der Waals surface area contributed by atoms with Crippen molar-refractivity contribution in [3.63, 3.8) is 0 Å². The van der Waals surface area contributed by atoms with E-state index >= 15 is 0 Å². The fourth-order valence-corrected chi connectivity index (χ4v) is 5.16. The average Bonchev–Trinajstić information content (AvgIpc) is 2.39. The van der Waals surface area contributed by atoms with Gasteiger partial charge in [-0.1, -0.05) is 20.3 Å². The number of amides is 1. The number of rotatable bonds is 6. The predicted octanol–water partition coefficient (Wildman–Crippen LogP) is 0.840. The van der Waals surface area contributed by atoms with Crippen LogP contribution >= 0.6 is 11.8 Å². The van der Waals surface area contributed by atoms with Crippen LogP contribution < -0.4 is 5.73 Å². The van der Waals surface area contributed by atoms with Gasteiger partial charge in [0.25, 0.3) is 0 Å². The van der Waals surface area contributed by atoms with Crippen molar-refractivity contribution in [1.82, 2.24) is 4.90 Å². The molecule has 1 aliphatic heterocycles. The lowest BCUT2D eigenvalue weighted by Crippen LogP contribution is -2.51. The molecule has 1 aliphatic rings. The molecule has 0 radical (unpaired) electrons. The smallest absolute Gasteiger partial charge is 0.225 e. The largest absolute Gasteiger partial charge is 0.327 e. The molecule has 0 aliphatic carbocycles. The van der Waals surface area contributed by atoms with Gasteiger partial charge in [-0.15, -0.1) is 0 Å². The SMILES string of the molecule is CCCC(N)CC(=O)N1CCSCC1S(=O)(=O)CC. The van der Waals surface area contributed by atoms with Gasteiger partial charge >= 0.3 is 0 Å². The Morgan fingerprint density at radius 3 is 2.74 bits per heavy atom. The van der Waals surface area contributed by atoms with Gasteiger partial charge in [-0.25, -0.2) is 8.42 Å². The summed E-state index contributed by atoms with van der Waals surface area (Å²) in [5.74, 6) is 1.22. The van der Waals surface area contributed by atoms with Gasteiger partial charge in [0, 0.05) is 36.3 Å². The van der Waals surface area contributed by atoms with Crippen LogP contribution in [0, 0.1) is 0 Å². The van der Waals surface area contributed by atoms with E-state index in [0.29, 0.717) is 12.3 Å². The van der Waals surface area contributed by atoms with Crippen molar-refractivity contribution in [3.8, 4) is 0 Å². The summed E-state index contributed by atoms with van der Waals surface area (Å²) in [5.41, 5.74) is 5.88. The zero-order valence-electron chi connectivity index (χ0n) is 11.7. The van der Waals surface area contributed by atoms with Crippen molar-refractivity contribution in [2.75, 3.05) is 23.8 Å².